The molecule has 0 amide bonds. The highest BCUT2D eigenvalue weighted by molar-refractivity contribution is 5.32. The Morgan fingerprint density at radius 2 is 1.52 bits per heavy atom. The smallest absolute Gasteiger partial charge is 0.0325 e. The second kappa shape index (κ2) is 8.71. The van der Waals surface area contributed by atoms with Crippen LogP contribution in [0, 0.1) is 11.8 Å². The first kappa shape index (κ1) is 17.6. The molecule has 2 saturated carbocycles. The van der Waals surface area contributed by atoms with Crippen molar-refractivity contribution in [3.8, 4) is 0 Å². The maximum absolute atomic E-state index is 4.08. The highest BCUT2D eigenvalue weighted by Crippen LogP contribution is 2.36. The Balaban J connectivity index is 1.30. The van der Waals surface area contributed by atoms with E-state index in [9.17, 15) is 0 Å². The molecule has 0 saturated heterocycles. The molecule has 25 heavy (non-hydrogen) atoms. The Hall–Kier alpha value is -0.820. The molecular formula is C24H37N. The van der Waals surface area contributed by atoms with E-state index >= 15 is 0 Å². The van der Waals surface area contributed by atoms with Gasteiger partial charge < -0.3 is 5.32 Å². The van der Waals surface area contributed by atoms with Crippen LogP contribution < -0.4 is 5.32 Å². The minimum Gasteiger partial charge on any atom is -0.307 e. The maximum Gasteiger partial charge on any atom is 0.0325 e. The third-order valence-corrected chi connectivity index (χ3v) is 7.29. The molecule has 0 spiro atoms. The van der Waals surface area contributed by atoms with Crippen LogP contribution in [0.15, 0.2) is 24.3 Å². The van der Waals surface area contributed by atoms with E-state index in [0.29, 0.717) is 6.04 Å². The highest BCUT2D eigenvalue weighted by Gasteiger charge is 2.26. The van der Waals surface area contributed by atoms with E-state index in [1.807, 2.05) is 0 Å². The molecule has 3 aliphatic rings. The Morgan fingerprint density at radius 1 is 0.720 bits per heavy atom. The maximum atomic E-state index is 4.08. The molecule has 0 heterocycles. The van der Waals surface area contributed by atoms with E-state index in [2.05, 4.69) is 29.6 Å². The molecule has 1 N–H and O–H groups in total. The van der Waals surface area contributed by atoms with Gasteiger partial charge in [0.1, 0.15) is 0 Å². The molecule has 3 atom stereocenters. The zero-order valence-corrected chi connectivity index (χ0v) is 16.0. The lowest BCUT2D eigenvalue weighted by Gasteiger charge is -2.30. The summed E-state index contributed by atoms with van der Waals surface area (Å²) in [4.78, 5) is 0. The lowest BCUT2D eigenvalue weighted by atomic mass is 9.80. The minimum absolute atomic E-state index is 0.616. The summed E-state index contributed by atoms with van der Waals surface area (Å²) in [7, 11) is 0. The summed E-state index contributed by atoms with van der Waals surface area (Å²) < 4.78 is 0. The number of benzene rings is 1. The zero-order valence-electron chi connectivity index (χ0n) is 16.0. The van der Waals surface area contributed by atoms with Crippen LogP contribution >= 0.6 is 0 Å². The van der Waals surface area contributed by atoms with Crippen molar-refractivity contribution in [2.75, 3.05) is 0 Å². The molecular weight excluding hydrogens is 302 g/mol. The average Bonchev–Trinajstić information content (AvgIpc) is 2.88. The molecule has 3 aliphatic carbocycles. The van der Waals surface area contributed by atoms with Crippen LogP contribution in [0.3, 0.4) is 0 Å². The van der Waals surface area contributed by atoms with Crippen molar-refractivity contribution in [3.63, 3.8) is 0 Å². The van der Waals surface area contributed by atoms with E-state index in [-0.39, 0.29) is 0 Å². The van der Waals surface area contributed by atoms with Crippen molar-refractivity contribution in [1.29, 1.82) is 0 Å². The first-order chi connectivity index (χ1) is 12.4. The lowest BCUT2D eigenvalue weighted by molar-refractivity contribution is 0.270. The number of nitrogens with one attached hydrogen (secondary N) is 1. The Morgan fingerprint density at radius 3 is 2.44 bits per heavy atom. The molecule has 1 aromatic carbocycles. The predicted molar refractivity (Wildman–Crippen MR) is 107 cm³/mol. The standard InChI is InChI=1S/C24H37N/c1-2-8-19(9-3-1)18-20-10-6-13-22(17-16-20)25-24-15-7-12-21-11-4-5-14-23(21)24/h4-5,11,14,19-20,22,24-25H,1-3,6-10,12-13,15-18H2. The molecule has 0 radical (unpaired) electrons. The second-order valence-electron chi connectivity index (χ2n) is 9.12. The summed E-state index contributed by atoms with van der Waals surface area (Å²) in [6.07, 6.45) is 20.3. The van der Waals surface area contributed by atoms with Crippen molar-refractivity contribution in [2.45, 2.75) is 102 Å². The molecule has 0 bridgehead atoms. The number of hydrogen-bond donors (Lipinski definition) is 1. The fraction of sp³-hybridized carbons (Fsp3) is 0.750. The van der Waals surface area contributed by atoms with Gasteiger partial charge in [0.2, 0.25) is 0 Å². The van der Waals surface area contributed by atoms with Gasteiger partial charge in [0.15, 0.2) is 0 Å². The van der Waals surface area contributed by atoms with Gasteiger partial charge in [0.25, 0.3) is 0 Å². The van der Waals surface area contributed by atoms with Gasteiger partial charge in [-0.25, -0.2) is 0 Å². The molecule has 138 valence electrons. The normalized spacial score (nSPS) is 31.3. The van der Waals surface area contributed by atoms with Crippen LogP contribution in [0.1, 0.15) is 101 Å². The SMILES string of the molecule is c1ccc2c(c1)CCCC2NC1CCCC(CC2CCCCC2)CC1. The van der Waals surface area contributed by atoms with Gasteiger partial charge in [-0.15, -0.1) is 0 Å². The van der Waals surface area contributed by atoms with Crippen LogP contribution in [-0.4, -0.2) is 6.04 Å². The van der Waals surface area contributed by atoms with E-state index in [4.69, 9.17) is 0 Å². The van der Waals surface area contributed by atoms with E-state index in [1.165, 1.54) is 83.5 Å². The zero-order chi connectivity index (χ0) is 16.9. The van der Waals surface area contributed by atoms with Crippen LogP contribution in [0.5, 0.6) is 0 Å². The summed E-state index contributed by atoms with van der Waals surface area (Å²) in [5.41, 5.74) is 3.19. The fourth-order valence-corrected chi connectivity index (χ4v) is 5.89. The van der Waals surface area contributed by atoms with Crippen molar-refractivity contribution >= 4 is 0 Å². The fourth-order valence-electron chi connectivity index (χ4n) is 5.89. The number of aryl methyl sites for hydroxylation is 1. The Labute approximate surface area is 155 Å². The van der Waals surface area contributed by atoms with Gasteiger partial charge in [-0.2, -0.15) is 0 Å². The minimum atomic E-state index is 0.616. The van der Waals surface area contributed by atoms with Gasteiger partial charge >= 0.3 is 0 Å². The van der Waals surface area contributed by atoms with Crippen LogP contribution in [-0.2, 0) is 6.42 Å². The van der Waals surface area contributed by atoms with Crippen molar-refractivity contribution in [3.05, 3.63) is 35.4 Å². The number of hydrogen-bond acceptors (Lipinski definition) is 1. The van der Waals surface area contributed by atoms with Crippen LogP contribution in [0.2, 0.25) is 0 Å². The van der Waals surface area contributed by atoms with Gasteiger partial charge in [-0.3, -0.25) is 0 Å². The first-order valence-corrected chi connectivity index (χ1v) is 11.2. The summed E-state index contributed by atoms with van der Waals surface area (Å²) in [5, 5.41) is 4.08. The van der Waals surface area contributed by atoms with Crippen LogP contribution in [0.4, 0.5) is 0 Å². The molecule has 4 rings (SSSR count). The monoisotopic (exact) mass is 339 g/mol. The van der Waals surface area contributed by atoms with E-state index in [1.54, 1.807) is 17.5 Å². The van der Waals surface area contributed by atoms with Crippen molar-refractivity contribution in [1.82, 2.24) is 5.32 Å². The lowest BCUT2D eigenvalue weighted by Crippen LogP contribution is -2.34. The summed E-state index contributed by atoms with van der Waals surface area (Å²) in [5.74, 6) is 2.09. The molecule has 2 fully saturated rings. The summed E-state index contributed by atoms with van der Waals surface area (Å²) >= 11 is 0. The quantitative estimate of drug-likeness (QED) is 0.611. The topological polar surface area (TPSA) is 12.0 Å². The van der Waals surface area contributed by atoms with E-state index in [0.717, 1.165) is 17.9 Å². The number of rotatable bonds is 4. The Bertz CT molecular complexity index is 531. The third-order valence-electron chi connectivity index (χ3n) is 7.29. The Kier molecular flexibility index (Phi) is 6.13. The van der Waals surface area contributed by atoms with Gasteiger partial charge in [-0.05, 0) is 67.9 Å². The first-order valence-electron chi connectivity index (χ1n) is 11.2. The van der Waals surface area contributed by atoms with Gasteiger partial charge in [0.05, 0.1) is 0 Å². The predicted octanol–water partition coefficient (Wildman–Crippen LogP) is 6.57. The molecule has 0 aliphatic heterocycles. The summed E-state index contributed by atoms with van der Waals surface area (Å²) in [6, 6.07) is 10.5. The van der Waals surface area contributed by atoms with Crippen molar-refractivity contribution in [2.24, 2.45) is 11.8 Å². The molecule has 1 nitrogen and oxygen atoms in total. The largest absolute Gasteiger partial charge is 0.307 e. The molecule has 0 aromatic heterocycles. The third kappa shape index (κ3) is 4.67. The van der Waals surface area contributed by atoms with Gasteiger partial charge in [0, 0.05) is 12.1 Å². The molecule has 3 unspecified atom stereocenters. The molecule has 1 heteroatoms. The summed E-state index contributed by atoms with van der Waals surface area (Å²) in [6.45, 7) is 0. The van der Waals surface area contributed by atoms with Crippen LogP contribution in [0.25, 0.3) is 0 Å². The molecule has 1 aromatic rings. The highest BCUT2D eigenvalue weighted by atomic mass is 15.0. The van der Waals surface area contributed by atoms with Crippen molar-refractivity contribution < 1.29 is 0 Å². The number of fused-ring (bicyclic) bond motifs is 1. The average molecular weight is 340 g/mol. The second-order valence-corrected chi connectivity index (χ2v) is 9.12. The van der Waals surface area contributed by atoms with E-state index < -0.39 is 0 Å². The van der Waals surface area contributed by atoms with Gasteiger partial charge in [-0.1, -0.05) is 69.2 Å².